The molecule has 3 heterocycles. The van der Waals surface area contributed by atoms with E-state index in [2.05, 4.69) is 15.6 Å². The zero-order valence-corrected chi connectivity index (χ0v) is 18.3. The quantitative estimate of drug-likeness (QED) is 0.181. The number of benzene rings is 1. The molecule has 0 bridgehead atoms. The fourth-order valence-electron chi connectivity index (χ4n) is 4.93. The number of carbonyl (C=O) groups excluding carboxylic acids is 3. The summed E-state index contributed by atoms with van der Waals surface area (Å²) >= 11 is 0. The van der Waals surface area contributed by atoms with Crippen molar-refractivity contribution in [1.29, 1.82) is 0 Å². The van der Waals surface area contributed by atoms with Crippen molar-refractivity contribution in [3.8, 4) is 0 Å². The van der Waals surface area contributed by atoms with Gasteiger partial charge < -0.3 is 16.2 Å². The smallest absolute Gasteiger partial charge is 0.324 e. The number of nitrogens with one attached hydrogen (secondary N) is 2. The van der Waals surface area contributed by atoms with Gasteiger partial charge in [-0.3, -0.25) is 34.8 Å². The van der Waals surface area contributed by atoms with E-state index in [0.29, 0.717) is 5.69 Å². The Morgan fingerprint density at radius 2 is 2.00 bits per heavy atom. The van der Waals surface area contributed by atoms with E-state index in [4.69, 9.17) is 5.73 Å². The molecule has 5 N–H and O–H groups in total. The Hall–Kier alpha value is -4.39. The number of nitro benzene ring substituents is 1. The van der Waals surface area contributed by atoms with Crippen LogP contribution in [0.3, 0.4) is 0 Å². The lowest BCUT2D eigenvalue weighted by Gasteiger charge is -2.31. The number of hydrogen-bond acceptors (Lipinski definition) is 8. The number of pyridine rings is 1. The highest BCUT2D eigenvalue weighted by Gasteiger charge is 2.68. The number of nitro groups is 1. The highest BCUT2D eigenvalue weighted by atomic mass is 16.6. The summed E-state index contributed by atoms with van der Waals surface area (Å²) in [5.41, 5.74) is 3.27. The van der Waals surface area contributed by atoms with Gasteiger partial charge in [-0.15, -0.1) is 0 Å². The number of amides is 4. The Bertz CT molecular complexity index is 1210. The van der Waals surface area contributed by atoms with Gasteiger partial charge in [0.25, 0.3) is 5.69 Å². The summed E-state index contributed by atoms with van der Waals surface area (Å²) in [5.74, 6) is -5.23. The van der Waals surface area contributed by atoms with Crippen molar-refractivity contribution in [1.82, 2.24) is 15.6 Å². The van der Waals surface area contributed by atoms with Crippen LogP contribution in [0.2, 0.25) is 0 Å². The predicted octanol–water partition coefficient (Wildman–Crippen LogP) is 0.712. The number of carboxylic acid groups (broad SMARTS) is 1. The van der Waals surface area contributed by atoms with Gasteiger partial charge >= 0.3 is 12.0 Å². The van der Waals surface area contributed by atoms with Crippen LogP contribution in [-0.2, 0) is 14.4 Å². The van der Waals surface area contributed by atoms with E-state index in [9.17, 15) is 34.4 Å². The number of carbonyl (C=O) groups is 4. The molecule has 0 saturated carbocycles. The number of nitrogens with two attached hydrogens (primary N) is 1. The first-order valence-corrected chi connectivity index (χ1v) is 10.7. The largest absolute Gasteiger partial charge is 0.480 e. The topological polar surface area (TPSA) is 198 Å². The summed E-state index contributed by atoms with van der Waals surface area (Å²) in [4.78, 5) is 66.6. The van der Waals surface area contributed by atoms with Gasteiger partial charge in [-0.05, 0) is 31.0 Å². The fourth-order valence-corrected chi connectivity index (χ4v) is 4.93. The number of non-ortho nitro benzene ring substituents is 1. The maximum absolute atomic E-state index is 13.6. The number of primary amides is 1. The van der Waals surface area contributed by atoms with Crippen molar-refractivity contribution in [2.45, 2.75) is 24.4 Å². The van der Waals surface area contributed by atoms with E-state index in [-0.39, 0.29) is 30.8 Å². The lowest BCUT2D eigenvalue weighted by Crippen LogP contribution is -2.56. The van der Waals surface area contributed by atoms with Crippen LogP contribution in [0, 0.1) is 22.0 Å². The molecular formula is C22H22N6O7. The van der Waals surface area contributed by atoms with Crippen molar-refractivity contribution >= 4 is 35.2 Å². The number of aliphatic carboxylic acids is 1. The SMILES string of the molecule is NC(=O)NCCCC1(C(=O)O)NC(c2ccccn2)C2C(=O)N(c3cccc([N+](=O)[O-])c3)C(=O)C21. The van der Waals surface area contributed by atoms with Crippen molar-refractivity contribution < 1.29 is 29.2 Å². The Morgan fingerprint density at radius 3 is 2.63 bits per heavy atom. The average molecular weight is 482 g/mol. The number of aromatic nitrogens is 1. The van der Waals surface area contributed by atoms with Gasteiger partial charge in [0.2, 0.25) is 11.8 Å². The molecule has 2 fully saturated rings. The lowest BCUT2D eigenvalue weighted by atomic mass is 9.77. The first-order chi connectivity index (χ1) is 16.7. The first-order valence-electron chi connectivity index (χ1n) is 10.7. The standard InChI is InChI=1S/C22H22N6O7/c23-21(33)25-10-4-8-22(20(31)32)16-15(17(26-22)14-7-1-2-9-24-14)18(29)27(19(16)30)12-5-3-6-13(11-12)28(34)35/h1-3,5-7,9,11,15-17,26H,4,8,10H2,(H,31,32)(H3,23,25,33). The number of rotatable bonds is 8. The maximum Gasteiger partial charge on any atom is 0.324 e. The second-order valence-corrected chi connectivity index (χ2v) is 8.34. The zero-order chi connectivity index (χ0) is 25.3. The molecule has 4 rings (SSSR count). The molecule has 4 amide bonds. The van der Waals surface area contributed by atoms with Crippen LogP contribution in [-0.4, -0.2) is 50.9 Å². The van der Waals surface area contributed by atoms with Crippen LogP contribution in [0.4, 0.5) is 16.2 Å². The Kier molecular flexibility index (Phi) is 6.18. The summed E-state index contributed by atoms with van der Waals surface area (Å²) in [7, 11) is 0. The summed E-state index contributed by atoms with van der Waals surface area (Å²) < 4.78 is 0. The highest BCUT2D eigenvalue weighted by Crippen LogP contribution is 2.51. The molecule has 0 aliphatic carbocycles. The summed E-state index contributed by atoms with van der Waals surface area (Å²) in [5, 5.41) is 26.9. The van der Waals surface area contributed by atoms with Crippen molar-refractivity contribution in [3.63, 3.8) is 0 Å². The van der Waals surface area contributed by atoms with Crippen LogP contribution in [0.15, 0.2) is 48.7 Å². The Labute approximate surface area is 198 Å². The normalized spacial score (nSPS) is 25.4. The van der Waals surface area contributed by atoms with Crippen molar-refractivity contribution in [2.24, 2.45) is 17.6 Å². The number of imide groups is 1. The van der Waals surface area contributed by atoms with Gasteiger partial charge in [0, 0.05) is 24.9 Å². The van der Waals surface area contributed by atoms with E-state index >= 15 is 0 Å². The second-order valence-electron chi connectivity index (χ2n) is 8.34. The molecular weight excluding hydrogens is 460 g/mol. The van der Waals surface area contributed by atoms with E-state index in [1.54, 1.807) is 18.2 Å². The molecule has 35 heavy (non-hydrogen) atoms. The number of urea groups is 1. The molecule has 1 aromatic carbocycles. The maximum atomic E-state index is 13.6. The molecule has 2 saturated heterocycles. The third-order valence-electron chi connectivity index (χ3n) is 6.39. The number of anilines is 1. The molecule has 0 radical (unpaired) electrons. The summed E-state index contributed by atoms with van der Waals surface area (Å²) in [6.07, 6.45) is 1.54. The molecule has 2 aromatic rings. The molecule has 2 aliphatic heterocycles. The minimum absolute atomic E-state index is 0.0157. The van der Waals surface area contributed by atoms with Gasteiger partial charge in [0.15, 0.2) is 0 Å². The van der Waals surface area contributed by atoms with Gasteiger partial charge in [0.1, 0.15) is 5.54 Å². The van der Waals surface area contributed by atoms with Crippen molar-refractivity contribution in [2.75, 3.05) is 11.4 Å². The van der Waals surface area contributed by atoms with Gasteiger partial charge in [-0.2, -0.15) is 0 Å². The van der Waals surface area contributed by atoms with E-state index < -0.39 is 52.2 Å². The number of carboxylic acids is 1. The molecule has 182 valence electrons. The van der Waals surface area contributed by atoms with Crippen molar-refractivity contribution in [3.05, 3.63) is 64.5 Å². The number of nitrogens with zero attached hydrogens (tertiary/aromatic N) is 3. The highest BCUT2D eigenvalue weighted by molar-refractivity contribution is 6.24. The van der Waals surface area contributed by atoms with Gasteiger partial charge in [-0.25, -0.2) is 9.69 Å². The molecule has 0 spiro atoms. The molecule has 4 unspecified atom stereocenters. The molecule has 4 atom stereocenters. The first kappa shape index (κ1) is 23.8. The van der Waals surface area contributed by atoms with E-state index in [1.165, 1.54) is 24.4 Å². The second kappa shape index (κ2) is 9.10. The lowest BCUT2D eigenvalue weighted by molar-refractivity contribution is -0.384. The molecule has 2 aliphatic rings. The van der Waals surface area contributed by atoms with Crippen LogP contribution in [0.25, 0.3) is 0 Å². The molecule has 13 heteroatoms. The fraction of sp³-hybridized carbons (Fsp3) is 0.318. The van der Waals surface area contributed by atoms with Crippen LogP contribution in [0.5, 0.6) is 0 Å². The van der Waals surface area contributed by atoms with E-state index in [1.807, 2.05) is 0 Å². The predicted molar refractivity (Wildman–Crippen MR) is 120 cm³/mol. The third kappa shape index (κ3) is 4.05. The summed E-state index contributed by atoms with van der Waals surface area (Å²) in [6, 6.07) is 8.32. The molecule has 1 aromatic heterocycles. The van der Waals surface area contributed by atoms with Gasteiger partial charge in [-0.1, -0.05) is 12.1 Å². The number of hydrogen-bond donors (Lipinski definition) is 4. The van der Waals surface area contributed by atoms with Crippen LogP contribution < -0.4 is 21.3 Å². The van der Waals surface area contributed by atoms with Crippen LogP contribution >= 0.6 is 0 Å². The van der Waals surface area contributed by atoms with Gasteiger partial charge in [0.05, 0.1) is 34.2 Å². The molecule has 13 nitrogen and oxygen atoms in total. The minimum Gasteiger partial charge on any atom is -0.480 e. The minimum atomic E-state index is -1.85. The monoisotopic (exact) mass is 482 g/mol. The Balaban J connectivity index is 1.78. The summed E-state index contributed by atoms with van der Waals surface area (Å²) in [6.45, 7) is 0.0639. The van der Waals surface area contributed by atoms with E-state index in [0.717, 1.165) is 11.0 Å². The third-order valence-corrected chi connectivity index (χ3v) is 6.39. The Morgan fingerprint density at radius 1 is 1.23 bits per heavy atom. The number of fused-ring (bicyclic) bond motifs is 1. The zero-order valence-electron chi connectivity index (χ0n) is 18.3. The van der Waals surface area contributed by atoms with Crippen LogP contribution in [0.1, 0.15) is 24.6 Å². The average Bonchev–Trinajstić information content (AvgIpc) is 3.31.